The maximum absolute atomic E-state index is 6.62. The molecule has 0 aliphatic carbocycles. The molecular formula is C59H51N3O. The van der Waals surface area contributed by atoms with Gasteiger partial charge in [0.2, 0.25) is 0 Å². The van der Waals surface area contributed by atoms with Crippen molar-refractivity contribution in [3.05, 3.63) is 247 Å². The molecule has 0 radical (unpaired) electrons. The zero-order chi connectivity index (χ0) is 43.5. The van der Waals surface area contributed by atoms with Crippen LogP contribution in [0.1, 0.15) is 29.7 Å². The first kappa shape index (κ1) is 42.0. The van der Waals surface area contributed by atoms with Crippen LogP contribution in [0.4, 0.5) is 0 Å². The molecule has 0 aliphatic heterocycles. The van der Waals surface area contributed by atoms with Crippen LogP contribution in [0, 0.1) is 0 Å². The third-order valence-corrected chi connectivity index (χ3v) is 11.3. The van der Waals surface area contributed by atoms with Crippen molar-refractivity contribution in [2.75, 3.05) is 7.05 Å². The van der Waals surface area contributed by atoms with Crippen LogP contribution in [-0.2, 0) is 0 Å². The Kier molecular flexibility index (Phi) is 13.1. The summed E-state index contributed by atoms with van der Waals surface area (Å²) in [4.78, 5) is 0. The zero-order valence-electron chi connectivity index (χ0n) is 35.7. The number of benzene rings is 9. The molecule has 4 heteroatoms. The number of hydrogen-bond donors (Lipinski definition) is 3. The van der Waals surface area contributed by atoms with Crippen molar-refractivity contribution in [2.24, 2.45) is 17.2 Å². The molecule has 0 spiro atoms. The molecule has 0 saturated heterocycles. The summed E-state index contributed by atoms with van der Waals surface area (Å²) in [5, 5.41) is 7.17. The van der Waals surface area contributed by atoms with E-state index in [-0.39, 0.29) is 6.04 Å². The molecule has 0 aliphatic rings. The molecule has 0 saturated carbocycles. The van der Waals surface area contributed by atoms with Gasteiger partial charge in [-0.25, -0.2) is 0 Å². The first-order chi connectivity index (χ1) is 31.1. The van der Waals surface area contributed by atoms with Crippen LogP contribution < -0.4 is 17.2 Å². The lowest BCUT2D eigenvalue weighted by atomic mass is 9.95. The number of fused-ring (bicyclic) bond motifs is 8. The Morgan fingerprint density at radius 2 is 0.984 bits per heavy atom. The Hall–Kier alpha value is -7.76. The minimum Gasteiger partial charge on any atom is -0.455 e. The van der Waals surface area contributed by atoms with E-state index in [0.717, 1.165) is 55.3 Å². The Morgan fingerprint density at radius 1 is 0.476 bits per heavy atom. The maximum atomic E-state index is 6.62. The van der Waals surface area contributed by atoms with Crippen LogP contribution in [0.2, 0.25) is 0 Å². The number of nitrogens with two attached hydrogens (primary N) is 3. The van der Waals surface area contributed by atoms with Gasteiger partial charge < -0.3 is 21.6 Å². The highest BCUT2D eigenvalue weighted by molar-refractivity contribution is 6.30. The summed E-state index contributed by atoms with van der Waals surface area (Å²) in [7, 11) is 1.50. The fourth-order valence-corrected chi connectivity index (χ4v) is 8.29. The third-order valence-electron chi connectivity index (χ3n) is 11.3. The SMILES string of the molecule is C/C=C/C(=C\C=C/N)c1cccc(-c2cccc(-c3ccc4c(c3)oc3c5ccccc5c5ccccc5c43)c2)c1.CN.NC(c1ccccc1)c1ccc(-c2ccccc2)cc1. The molecule has 6 N–H and O–H groups in total. The smallest absolute Gasteiger partial charge is 0.143 e. The quantitative estimate of drug-likeness (QED) is 0.105. The monoisotopic (exact) mass is 817 g/mol. The Labute approximate surface area is 369 Å². The van der Waals surface area contributed by atoms with Gasteiger partial charge in [0.25, 0.3) is 0 Å². The van der Waals surface area contributed by atoms with Gasteiger partial charge in [-0.3, -0.25) is 0 Å². The van der Waals surface area contributed by atoms with Gasteiger partial charge in [-0.1, -0.05) is 194 Å². The van der Waals surface area contributed by atoms with Crippen LogP contribution in [-0.4, -0.2) is 7.05 Å². The van der Waals surface area contributed by atoms with Gasteiger partial charge >= 0.3 is 0 Å². The Morgan fingerprint density at radius 3 is 1.65 bits per heavy atom. The predicted molar refractivity (Wildman–Crippen MR) is 270 cm³/mol. The second-order valence-electron chi connectivity index (χ2n) is 15.2. The van der Waals surface area contributed by atoms with Crippen LogP contribution in [0.15, 0.2) is 235 Å². The normalized spacial score (nSPS) is 12.1. The Bertz CT molecular complexity index is 3210. The summed E-state index contributed by atoms with van der Waals surface area (Å²) in [5.74, 6) is 0. The van der Waals surface area contributed by atoms with Crippen molar-refractivity contribution >= 4 is 49.1 Å². The number of allylic oxidation sites excluding steroid dienone is 5. The van der Waals surface area contributed by atoms with Crippen molar-refractivity contribution in [3.8, 4) is 33.4 Å². The van der Waals surface area contributed by atoms with Gasteiger partial charge in [0.1, 0.15) is 11.2 Å². The van der Waals surface area contributed by atoms with Crippen LogP contribution in [0.3, 0.4) is 0 Å². The largest absolute Gasteiger partial charge is 0.455 e. The highest BCUT2D eigenvalue weighted by Gasteiger charge is 2.16. The molecule has 1 atom stereocenters. The summed E-state index contributed by atoms with van der Waals surface area (Å²) < 4.78 is 6.62. The average Bonchev–Trinajstić information content (AvgIpc) is 3.76. The molecule has 4 nitrogen and oxygen atoms in total. The third kappa shape index (κ3) is 9.00. The van der Waals surface area contributed by atoms with Gasteiger partial charge in [-0.05, 0) is 122 Å². The standard InChI is InChI=1S/C39H29NO.C19H17N.CH5N/c1-2-10-26(15-9-22-40)27-11-7-12-28(23-27)29-13-8-14-30(24-29)31-20-21-36-37(25-31)41-39-35-19-6-4-17-33(35)32-16-3-5-18-34(32)38(36)39;20-19(17-9-5-2-6-10-17)18-13-11-16(12-14-18)15-7-3-1-4-8-15;1-2/h2-25H,40H2,1H3;1-14,19H,20H2;2H2,1H3/b10-2+,22-9-,26-15+;;. The van der Waals surface area contributed by atoms with Gasteiger partial charge in [-0.2, -0.15) is 0 Å². The molecule has 9 aromatic carbocycles. The van der Waals surface area contributed by atoms with E-state index in [1.54, 1.807) is 6.20 Å². The summed E-state index contributed by atoms with van der Waals surface area (Å²) in [6, 6.07) is 70.1. The van der Waals surface area contributed by atoms with Gasteiger partial charge in [0.05, 0.1) is 6.04 Å². The van der Waals surface area contributed by atoms with Crippen molar-refractivity contribution in [3.63, 3.8) is 0 Å². The lowest BCUT2D eigenvalue weighted by Gasteiger charge is -2.13. The zero-order valence-corrected chi connectivity index (χ0v) is 35.7. The fraction of sp³-hybridized carbons (Fsp3) is 0.0508. The van der Waals surface area contributed by atoms with Crippen LogP contribution >= 0.6 is 0 Å². The number of rotatable bonds is 8. The Balaban J connectivity index is 0.000000207. The molecular weight excluding hydrogens is 767 g/mol. The fourth-order valence-electron chi connectivity index (χ4n) is 8.29. The van der Waals surface area contributed by atoms with Crippen LogP contribution in [0.25, 0.3) is 82.4 Å². The van der Waals surface area contributed by atoms with Crippen molar-refractivity contribution in [2.45, 2.75) is 13.0 Å². The molecule has 10 rings (SSSR count). The summed E-state index contributed by atoms with van der Waals surface area (Å²) in [6.45, 7) is 2.02. The molecule has 0 bridgehead atoms. The molecule has 10 aromatic rings. The van der Waals surface area contributed by atoms with E-state index in [0.29, 0.717) is 0 Å². The van der Waals surface area contributed by atoms with Crippen LogP contribution in [0.5, 0.6) is 0 Å². The topological polar surface area (TPSA) is 91.2 Å². The summed E-state index contributed by atoms with van der Waals surface area (Å²) in [6.07, 6.45) is 9.60. The minimum absolute atomic E-state index is 0.0685. The van der Waals surface area contributed by atoms with E-state index in [9.17, 15) is 0 Å². The second-order valence-corrected chi connectivity index (χ2v) is 15.2. The number of furan rings is 1. The molecule has 1 unspecified atom stereocenters. The van der Waals surface area contributed by atoms with Gasteiger partial charge in [0.15, 0.2) is 0 Å². The van der Waals surface area contributed by atoms with E-state index >= 15 is 0 Å². The van der Waals surface area contributed by atoms with Gasteiger partial charge in [-0.15, -0.1) is 0 Å². The van der Waals surface area contributed by atoms with E-state index < -0.39 is 0 Å². The van der Waals surface area contributed by atoms with E-state index in [1.807, 2.05) is 49.4 Å². The molecule has 1 heterocycles. The first-order valence-electron chi connectivity index (χ1n) is 21.3. The minimum atomic E-state index is -0.0685. The average molecular weight is 818 g/mol. The van der Waals surface area contributed by atoms with E-state index in [2.05, 4.69) is 188 Å². The summed E-state index contributed by atoms with van der Waals surface area (Å²) >= 11 is 0. The molecule has 0 fully saturated rings. The first-order valence-corrected chi connectivity index (χ1v) is 21.3. The summed E-state index contributed by atoms with van der Waals surface area (Å²) in [5.41, 5.74) is 29.8. The van der Waals surface area contributed by atoms with Gasteiger partial charge in [0, 0.05) is 16.2 Å². The molecule has 63 heavy (non-hydrogen) atoms. The molecule has 308 valence electrons. The second kappa shape index (κ2) is 19.7. The van der Waals surface area contributed by atoms with E-state index in [4.69, 9.17) is 15.9 Å². The number of hydrogen-bond acceptors (Lipinski definition) is 4. The highest BCUT2D eigenvalue weighted by Crippen LogP contribution is 2.42. The highest BCUT2D eigenvalue weighted by atomic mass is 16.3. The predicted octanol–water partition coefficient (Wildman–Crippen LogP) is 14.6. The van der Waals surface area contributed by atoms with Crippen molar-refractivity contribution < 1.29 is 4.42 Å². The lowest BCUT2D eigenvalue weighted by molar-refractivity contribution is 0.673. The van der Waals surface area contributed by atoms with Crippen molar-refractivity contribution in [1.29, 1.82) is 0 Å². The maximum Gasteiger partial charge on any atom is 0.143 e. The molecule has 0 amide bonds. The van der Waals surface area contributed by atoms with Crippen molar-refractivity contribution in [1.82, 2.24) is 0 Å². The molecule has 1 aromatic heterocycles. The lowest BCUT2D eigenvalue weighted by Crippen LogP contribution is -2.11. The van der Waals surface area contributed by atoms with E-state index in [1.165, 1.54) is 50.8 Å².